The fraction of sp³-hybridized carbons (Fsp3) is 0.188. The quantitative estimate of drug-likeness (QED) is 0.735. The molecule has 0 saturated carbocycles. The van der Waals surface area contributed by atoms with Crippen molar-refractivity contribution in [1.29, 1.82) is 0 Å². The molecule has 20 heavy (non-hydrogen) atoms. The van der Waals surface area contributed by atoms with Crippen molar-refractivity contribution in [1.82, 2.24) is 10.6 Å². The zero-order valence-corrected chi connectivity index (χ0v) is 11.3. The van der Waals surface area contributed by atoms with Gasteiger partial charge in [0.25, 0.3) is 0 Å². The number of nitrogens with one attached hydrogen (secondary N) is 2. The van der Waals surface area contributed by atoms with E-state index in [4.69, 9.17) is 0 Å². The zero-order valence-electron chi connectivity index (χ0n) is 11.3. The molecule has 2 aliphatic rings. The fourth-order valence-corrected chi connectivity index (χ4v) is 2.42. The van der Waals surface area contributed by atoms with Crippen LogP contribution in [-0.4, -0.2) is 11.1 Å². The molecular formula is C16H18N2O2. The predicted molar refractivity (Wildman–Crippen MR) is 79.4 cm³/mol. The van der Waals surface area contributed by atoms with E-state index in [1.165, 1.54) is 0 Å². The average Bonchev–Trinajstić information content (AvgIpc) is 2.85. The molecule has 0 spiro atoms. The third-order valence-electron chi connectivity index (χ3n) is 3.52. The van der Waals surface area contributed by atoms with Gasteiger partial charge in [0.05, 0.1) is 0 Å². The van der Waals surface area contributed by atoms with E-state index in [1.807, 2.05) is 43.4 Å². The summed E-state index contributed by atoms with van der Waals surface area (Å²) in [5.74, 6) is -0.862. The lowest BCUT2D eigenvalue weighted by atomic mass is 9.71. The molecular weight excluding hydrogens is 252 g/mol. The van der Waals surface area contributed by atoms with E-state index in [1.54, 1.807) is 24.8 Å². The maximum Gasteiger partial charge on any atom is 0.318 e. The Balaban J connectivity index is 2.53. The smallest absolute Gasteiger partial charge is 0.318 e. The Bertz CT molecular complexity index is 523. The molecule has 0 unspecified atom stereocenters. The lowest BCUT2D eigenvalue weighted by Crippen LogP contribution is -2.34. The second kappa shape index (κ2) is 6.10. The van der Waals surface area contributed by atoms with E-state index in [-0.39, 0.29) is 0 Å². The maximum atomic E-state index is 12.0. The van der Waals surface area contributed by atoms with E-state index >= 15 is 0 Å². The van der Waals surface area contributed by atoms with Gasteiger partial charge in [0, 0.05) is 24.8 Å². The van der Waals surface area contributed by atoms with Gasteiger partial charge in [0.1, 0.15) is 5.41 Å². The summed E-state index contributed by atoms with van der Waals surface area (Å²) >= 11 is 0. The van der Waals surface area contributed by atoms with Gasteiger partial charge in [-0.05, 0) is 29.7 Å². The molecule has 4 heteroatoms. The first-order chi connectivity index (χ1) is 9.71. The standard InChI is InChI=1S/C16H18N2O2/c1-2-16(15(19)20,13-7-3-5-9-17-11-13)14-8-4-6-10-18-12-14/h3-12,17-18H,2H2,1H3,(H,19,20). The summed E-state index contributed by atoms with van der Waals surface area (Å²) in [7, 11) is 0. The van der Waals surface area contributed by atoms with Crippen LogP contribution in [0, 0.1) is 5.41 Å². The molecule has 0 aromatic heterocycles. The van der Waals surface area contributed by atoms with Gasteiger partial charge in [-0.25, -0.2) is 0 Å². The van der Waals surface area contributed by atoms with Crippen LogP contribution in [0.2, 0.25) is 0 Å². The van der Waals surface area contributed by atoms with Gasteiger partial charge in [-0.1, -0.05) is 31.2 Å². The number of hydrogen-bond donors (Lipinski definition) is 3. The van der Waals surface area contributed by atoms with Crippen LogP contribution in [0.4, 0.5) is 0 Å². The summed E-state index contributed by atoms with van der Waals surface area (Å²) in [6, 6.07) is 0. The van der Waals surface area contributed by atoms with Crippen LogP contribution in [0.3, 0.4) is 0 Å². The summed E-state index contributed by atoms with van der Waals surface area (Å²) in [5, 5.41) is 15.8. The Kier molecular flexibility index (Phi) is 4.25. The highest BCUT2D eigenvalue weighted by molar-refractivity contribution is 5.85. The molecule has 4 nitrogen and oxygen atoms in total. The summed E-state index contributed by atoms with van der Waals surface area (Å²) in [6.45, 7) is 1.88. The van der Waals surface area contributed by atoms with Crippen molar-refractivity contribution in [2.24, 2.45) is 5.41 Å². The molecule has 0 atom stereocenters. The van der Waals surface area contributed by atoms with Crippen molar-refractivity contribution in [2.45, 2.75) is 13.3 Å². The van der Waals surface area contributed by atoms with Crippen LogP contribution in [0.25, 0.3) is 0 Å². The van der Waals surface area contributed by atoms with Crippen molar-refractivity contribution in [2.75, 3.05) is 0 Å². The largest absolute Gasteiger partial charge is 0.480 e. The lowest BCUT2D eigenvalue weighted by Gasteiger charge is -2.31. The van der Waals surface area contributed by atoms with Crippen molar-refractivity contribution in [3.8, 4) is 0 Å². The zero-order chi connectivity index (χ0) is 14.4. The molecule has 2 heterocycles. The van der Waals surface area contributed by atoms with Crippen LogP contribution in [0.1, 0.15) is 13.3 Å². The average molecular weight is 270 g/mol. The monoisotopic (exact) mass is 270 g/mol. The SMILES string of the molecule is CCC(C(=O)O)(C1=CNC=CC=C1)C1=CNC=CC=C1. The fourth-order valence-electron chi connectivity index (χ4n) is 2.42. The lowest BCUT2D eigenvalue weighted by molar-refractivity contribution is -0.144. The molecule has 0 aliphatic carbocycles. The third kappa shape index (κ3) is 2.45. The minimum absolute atomic E-state index is 0.456. The summed E-state index contributed by atoms with van der Waals surface area (Å²) in [4.78, 5) is 12.0. The first-order valence-electron chi connectivity index (χ1n) is 6.55. The highest BCUT2D eigenvalue weighted by atomic mass is 16.4. The van der Waals surface area contributed by atoms with Gasteiger partial charge in [-0.2, -0.15) is 0 Å². The number of carboxylic acids is 1. The van der Waals surface area contributed by atoms with E-state index in [0.29, 0.717) is 6.42 Å². The molecule has 0 saturated heterocycles. The molecule has 0 aromatic rings. The van der Waals surface area contributed by atoms with Crippen LogP contribution >= 0.6 is 0 Å². The number of allylic oxidation sites excluding steroid dienone is 6. The van der Waals surface area contributed by atoms with Gasteiger partial charge >= 0.3 is 5.97 Å². The van der Waals surface area contributed by atoms with Crippen LogP contribution in [0.5, 0.6) is 0 Å². The Hall–Kier alpha value is -2.49. The number of hydrogen-bond acceptors (Lipinski definition) is 3. The van der Waals surface area contributed by atoms with E-state index in [2.05, 4.69) is 10.6 Å². The Labute approximate surface area is 118 Å². The number of carbonyl (C=O) groups is 1. The normalized spacial score (nSPS) is 17.4. The van der Waals surface area contributed by atoms with E-state index in [0.717, 1.165) is 11.1 Å². The van der Waals surface area contributed by atoms with Gasteiger partial charge in [0.2, 0.25) is 0 Å². The Morgan fingerprint density at radius 2 is 1.55 bits per heavy atom. The second-order valence-corrected chi connectivity index (χ2v) is 4.53. The van der Waals surface area contributed by atoms with Gasteiger partial charge in [-0.3, -0.25) is 4.79 Å². The van der Waals surface area contributed by atoms with Crippen molar-refractivity contribution in [3.63, 3.8) is 0 Å². The Morgan fingerprint density at radius 1 is 1.05 bits per heavy atom. The van der Waals surface area contributed by atoms with Crippen molar-refractivity contribution in [3.05, 3.63) is 72.4 Å². The first kappa shape index (κ1) is 13.9. The van der Waals surface area contributed by atoms with E-state index < -0.39 is 11.4 Å². The number of rotatable bonds is 4. The third-order valence-corrected chi connectivity index (χ3v) is 3.52. The van der Waals surface area contributed by atoms with Crippen LogP contribution < -0.4 is 10.6 Å². The molecule has 104 valence electrons. The van der Waals surface area contributed by atoms with Crippen LogP contribution in [-0.2, 0) is 4.79 Å². The number of carboxylic acid groups (broad SMARTS) is 1. The highest BCUT2D eigenvalue weighted by Crippen LogP contribution is 2.41. The molecule has 3 N–H and O–H groups in total. The van der Waals surface area contributed by atoms with Crippen molar-refractivity contribution >= 4 is 5.97 Å². The summed E-state index contributed by atoms with van der Waals surface area (Å²) in [6.07, 6.45) is 18.5. The molecule has 0 aromatic carbocycles. The van der Waals surface area contributed by atoms with Crippen LogP contribution in [0.15, 0.2) is 72.4 Å². The first-order valence-corrected chi connectivity index (χ1v) is 6.55. The minimum Gasteiger partial charge on any atom is -0.480 e. The second-order valence-electron chi connectivity index (χ2n) is 4.53. The van der Waals surface area contributed by atoms with Gasteiger partial charge in [0.15, 0.2) is 0 Å². The molecule has 0 fully saturated rings. The molecule has 0 amide bonds. The number of aliphatic carboxylic acids is 1. The van der Waals surface area contributed by atoms with Gasteiger partial charge < -0.3 is 15.7 Å². The minimum atomic E-state index is -1.08. The molecule has 0 bridgehead atoms. The highest BCUT2D eigenvalue weighted by Gasteiger charge is 2.42. The maximum absolute atomic E-state index is 12.0. The van der Waals surface area contributed by atoms with Crippen molar-refractivity contribution < 1.29 is 9.90 Å². The van der Waals surface area contributed by atoms with E-state index in [9.17, 15) is 9.90 Å². The summed E-state index contributed by atoms with van der Waals surface area (Å²) in [5.41, 5.74) is 0.361. The topological polar surface area (TPSA) is 61.4 Å². The summed E-state index contributed by atoms with van der Waals surface area (Å²) < 4.78 is 0. The Morgan fingerprint density at radius 3 is 1.95 bits per heavy atom. The molecule has 2 rings (SSSR count). The molecule has 2 aliphatic heterocycles. The van der Waals surface area contributed by atoms with Gasteiger partial charge in [-0.15, -0.1) is 0 Å². The molecule has 0 radical (unpaired) electrons. The predicted octanol–water partition coefficient (Wildman–Crippen LogP) is 2.58.